The Kier molecular flexibility index (Phi) is 5.86. The summed E-state index contributed by atoms with van der Waals surface area (Å²) in [6.45, 7) is 0. The van der Waals surface area contributed by atoms with Crippen molar-refractivity contribution in [2.45, 2.75) is 4.90 Å². The zero-order valence-corrected chi connectivity index (χ0v) is 18.3. The second kappa shape index (κ2) is 8.60. The van der Waals surface area contributed by atoms with E-state index in [-0.39, 0.29) is 16.3 Å². The molecule has 0 saturated heterocycles. The van der Waals surface area contributed by atoms with Gasteiger partial charge < -0.3 is 0 Å². The summed E-state index contributed by atoms with van der Waals surface area (Å²) in [4.78, 5) is 17.9. The van der Waals surface area contributed by atoms with E-state index in [0.29, 0.717) is 26.8 Å². The fourth-order valence-electron chi connectivity index (χ4n) is 3.00. The zero-order chi connectivity index (χ0) is 22.9. The van der Waals surface area contributed by atoms with Crippen LogP contribution < -0.4 is 5.32 Å². The van der Waals surface area contributed by atoms with Crippen molar-refractivity contribution in [3.8, 4) is 21.7 Å². The van der Waals surface area contributed by atoms with Crippen LogP contribution in [0.3, 0.4) is 0 Å². The molecule has 0 atom stereocenters. The third-order valence-corrected chi connectivity index (χ3v) is 6.76. The highest BCUT2D eigenvalue weighted by atomic mass is 32.2. The summed E-state index contributed by atoms with van der Waals surface area (Å²) < 4.78 is 50.1. The van der Waals surface area contributed by atoms with Gasteiger partial charge in [0.05, 0.1) is 15.5 Å². The molecule has 4 aromatic rings. The van der Waals surface area contributed by atoms with Crippen LogP contribution in [-0.2, 0) is 9.84 Å². The molecule has 0 radical (unpaired) electrons. The SMILES string of the molecule is CS(=O)(=O)c1ccc(-c2nc(NC(=O)c3ccc(F)cc3)sc2-c2ccc(F)cc2)cc1. The van der Waals surface area contributed by atoms with E-state index in [2.05, 4.69) is 10.3 Å². The predicted molar refractivity (Wildman–Crippen MR) is 120 cm³/mol. The number of hydrogen-bond donors (Lipinski definition) is 1. The molecule has 5 nitrogen and oxygen atoms in total. The first kappa shape index (κ1) is 21.8. The van der Waals surface area contributed by atoms with Gasteiger partial charge in [-0.2, -0.15) is 0 Å². The number of nitrogens with zero attached hydrogens (tertiary/aromatic N) is 1. The Bertz CT molecular complexity index is 1380. The molecule has 3 aromatic carbocycles. The summed E-state index contributed by atoms with van der Waals surface area (Å²) in [5.74, 6) is -1.29. The summed E-state index contributed by atoms with van der Waals surface area (Å²) in [5.41, 5.74) is 2.10. The number of carbonyl (C=O) groups excluding carboxylic acids is 1. The minimum Gasteiger partial charge on any atom is -0.298 e. The molecule has 0 aliphatic heterocycles. The van der Waals surface area contributed by atoms with Crippen molar-refractivity contribution in [1.29, 1.82) is 0 Å². The van der Waals surface area contributed by atoms with Crippen molar-refractivity contribution in [3.63, 3.8) is 0 Å². The average molecular weight is 471 g/mol. The van der Waals surface area contributed by atoms with Crippen LogP contribution in [0.5, 0.6) is 0 Å². The number of benzene rings is 3. The number of halogens is 2. The molecule has 32 heavy (non-hydrogen) atoms. The number of aromatic nitrogens is 1. The van der Waals surface area contributed by atoms with Crippen LogP contribution in [-0.4, -0.2) is 25.6 Å². The molecule has 0 bridgehead atoms. The number of thiazole rings is 1. The molecule has 1 heterocycles. The lowest BCUT2D eigenvalue weighted by atomic mass is 10.1. The number of nitrogens with one attached hydrogen (secondary N) is 1. The largest absolute Gasteiger partial charge is 0.298 e. The first-order valence-corrected chi connectivity index (χ1v) is 12.1. The van der Waals surface area contributed by atoms with Gasteiger partial charge in [-0.25, -0.2) is 22.2 Å². The third kappa shape index (κ3) is 4.74. The quantitative estimate of drug-likeness (QED) is 0.423. The summed E-state index contributed by atoms with van der Waals surface area (Å²) in [7, 11) is -3.36. The van der Waals surface area contributed by atoms with Gasteiger partial charge in [0.15, 0.2) is 15.0 Å². The van der Waals surface area contributed by atoms with Gasteiger partial charge in [0.1, 0.15) is 11.6 Å². The fourth-order valence-corrected chi connectivity index (χ4v) is 4.62. The van der Waals surface area contributed by atoms with Gasteiger partial charge in [-0.15, -0.1) is 0 Å². The molecule has 0 unspecified atom stereocenters. The molecule has 1 amide bonds. The second-order valence-corrected chi connectivity index (χ2v) is 9.98. The smallest absolute Gasteiger partial charge is 0.257 e. The van der Waals surface area contributed by atoms with Crippen LogP contribution in [0.2, 0.25) is 0 Å². The minimum atomic E-state index is -3.36. The lowest BCUT2D eigenvalue weighted by Gasteiger charge is -2.04. The molecule has 0 fully saturated rings. The zero-order valence-electron chi connectivity index (χ0n) is 16.7. The predicted octanol–water partition coefficient (Wildman–Crippen LogP) is 5.41. The highest BCUT2D eigenvalue weighted by Crippen LogP contribution is 2.39. The summed E-state index contributed by atoms with van der Waals surface area (Å²) in [5, 5.41) is 2.99. The van der Waals surface area contributed by atoms with E-state index < -0.39 is 21.6 Å². The lowest BCUT2D eigenvalue weighted by molar-refractivity contribution is 0.102. The molecule has 1 N–H and O–H groups in total. The maximum atomic E-state index is 13.4. The normalized spacial score (nSPS) is 11.3. The monoisotopic (exact) mass is 470 g/mol. The van der Waals surface area contributed by atoms with Gasteiger partial charge in [0.25, 0.3) is 5.91 Å². The number of anilines is 1. The summed E-state index contributed by atoms with van der Waals surface area (Å²) >= 11 is 1.19. The van der Waals surface area contributed by atoms with Crippen LogP contribution in [0.25, 0.3) is 21.7 Å². The Morgan fingerprint density at radius 1 is 0.844 bits per heavy atom. The number of hydrogen-bond acceptors (Lipinski definition) is 5. The molecule has 162 valence electrons. The fraction of sp³-hybridized carbons (Fsp3) is 0.0435. The number of rotatable bonds is 5. The van der Waals surface area contributed by atoms with E-state index in [1.54, 1.807) is 24.3 Å². The van der Waals surface area contributed by atoms with Gasteiger partial charge in [-0.05, 0) is 54.1 Å². The summed E-state index contributed by atoms with van der Waals surface area (Å²) in [6.07, 6.45) is 1.12. The van der Waals surface area contributed by atoms with E-state index in [4.69, 9.17) is 0 Å². The Hall–Kier alpha value is -3.43. The molecular weight excluding hydrogens is 454 g/mol. The van der Waals surface area contributed by atoms with Crippen LogP contribution in [0.15, 0.2) is 77.7 Å². The average Bonchev–Trinajstić information content (AvgIpc) is 3.18. The van der Waals surface area contributed by atoms with Crippen molar-refractivity contribution in [3.05, 3.63) is 90.0 Å². The van der Waals surface area contributed by atoms with Gasteiger partial charge in [0.2, 0.25) is 0 Å². The van der Waals surface area contributed by atoms with Gasteiger partial charge in [-0.1, -0.05) is 35.6 Å². The number of sulfone groups is 1. The van der Waals surface area contributed by atoms with Crippen molar-refractivity contribution >= 4 is 32.2 Å². The Morgan fingerprint density at radius 3 is 1.94 bits per heavy atom. The number of amides is 1. The van der Waals surface area contributed by atoms with Crippen molar-refractivity contribution < 1.29 is 22.0 Å². The van der Waals surface area contributed by atoms with Crippen molar-refractivity contribution in [2.24, 2.45) is 0 Å². The Labute approximate surface area is 187 Å². The highest BCUT2D eigenvalue weighted by molar-refractivity contribution is 7.90. The van der Waals surface area contributed by atoms with E-state index in [1.807, 2.05) is 0 Å². The lowest BCUT2D eigenvalue weighted by Crippen LogP contribution is -2.11. The maximum absolute atomic E-state index is 13.4. The highest BCUT2D eigenvalue weighted by Gasteiger charge is 2.18. The molecule has 4 rings (SSSR count). The summed E-state index contributed by atoms with van der Waals surface area (Å²) in [6, 6.07) is 17.2. The van der Waals surface area contributed by atoms with Crippen molar-refractivity contribution in [2.75, 3.05) is 11.6 Å². The van der Waals surface area contributed by atoms with Crippen LogP contribution in [0.1, 0.15) is 10.4 Å². The number of carbonyl (C=O) groups is 1. The van der Waals surface area contributed by atoms with Crippen LogP contribution >= 0.6 is 11.3 Å². The van der Waals surface area contributed by atoms with Gasteiger partial charge in [-0.3, -0.25) is 10.1 Å². The van der Waals surface area contributed by atoms with Gasteiger partial charge >= 0.3 is 0 Å². The topological polar surface area (TPSA) is 76.1 Å². The second-order valence-electron chi connectivity index (χ2n) is 6.96. The molecule has 9 heteroatoms. The van der Waals surface area contributed by atoms with Gasteiger partial charge in [0, 0.05) is 17.4 Å². The van der Waals surface area contributed by atoms with E-state index >= 15 is 0 Å². The molecule has 0 aliphatic carbocycles. The molecule has 1 aromatic heterocycles. The first-order valence-electron chi connectivity index (χ1n) is 9.35. The standard InChI is InChI=1S/C23H16F2N2O3S2/c1-32(29,30)19-12-6-14(7-13-19)20-21(15-2-8-17(24)9-3-15)31-23(26-20)27-22(28)16-4-10-18(25)11-5-16/h2-13H,1H3,(H,26,27,28). The Morgan fingerprint density at radius 2 is 1.38 bits per heavy atom. The molecule has 0 spiro atoms. The molecular formula is C23H16F2N2O3S2. The van der Waals surface area contributed by atoms with E-state index in [1.165, 1.54) is 59.9 Å². The van der Waals surface area contributed by atoms with E-state index in [0.717, 1.165) is 6.26 Å². The van der Waals surface area contributed by atoms with Crippen LogP contribution in [0, 0.1) is 11.6 Å². The third-order valence-electron chi connectivity index (χ3n) is 4.62. The molecule has 0 saturated carbocycles. The Balaban J connectivity index is 1.74. The minimum absolute atomic E-state index is 0.171. The van der Waals surface area contributed by atoms with Crippen molar-refractivity contribution in [1.82, 2.24) is 4.98 Å². The molecule has 0 aliphatic rings. The first-order chi connectivity index (χ1) is 15.2. The van der Waals surface area contributed by atoms with Crippen LogP contribution in [0.4, 0.5) is 13.9 Å². The maximum Gasteiger partial charge on any atom is 0.257 e. The van der Waals surface area contributed by atoms with E-state index in [9.17, 15) is 22.0 Å².